The van der Waals surface area contributed by atoms with E-state index in [1.807, 2.05) is 13.0 Å². The van der Waals surface area contributed by atoms with E-state index in [1.54, 1.807) is 31.2 Å². The third-order valence-corrected chi connectivity index (χ3v) is 2.87. The Morgan fingerprint density at radius 2 is 2.10 bits per heavy atom. The van der Waals surface area contributed by atoms with Gasteiger partial charge >= 0.3 is 0 Å². The summed E-state index contributed by atoms with van der Waals surface area (Å²) in [5.74, 6) is 1.00. The van der Waals surface area contributed by atoms with E-state index in [1.165, 1.54) is 0 Å². The Labute approximate surface area is 117 Å². The molecular weight excluding hydrogens is 254 g/mol. The smallest absolute Gasteiger partial charge is 0.141 e. The van der Waals surface area contributed by atoms with Crippen molar-refractivity contribution in [3.63, 3.8) is 0 Å². The van der Waals surface area contributed by atoms with E-state index in [9.17, 15) is 0 Å². The summed E-state index contributed by atoms with van der Waals surface area (Å²) >= 11 is 0. The van der Waals surface area contributed by atoms with E-state index in [-0.39, 0.29) is 12.4 Å². The highest BCUT2D eigenvalue weighted by molar-refractivity contribution is 5.98. The average molecular weight is 271 g/mol. The van der Waals surface area contributed by atoms with Crippen LogP contribution in [0.15, 0.2) is 30.3 Å². The number of nitrogens with one attached hydrogen (secondary N) is 1. The van der Waals surface area contributed by atoms with Gasteiger partial charge in [-0.2, -0.15) is 0 Å². The monoisotopic (exact) mass is 271 g/mol. The van der Waals surface area contributed by atoms with Crippen molar-refractivity contribution in [3.05, 3.63) is 52.8 Å². The molecule has 5 nitrogen and oxygen atoms in total. The van der Waals surface area contributed by atoms with Gasteiger partial charge in [0.1, 0.15) is 17.3 Å². The number of aryl methyl sites for hydroxylation is 2. The van der Waals surface area contributed by atoms with Crippen LogP contribution in [0.2, 0.25) is 0 Å². The van der Waals surface area contributed by atoms with Gasteiger partial charge in [0.15, 0.2) is 0 Å². The predicted octanol–water partition coefficient (Wildman–Crippen LogP) is 2.27. The summed E-state index contributed by atoms with van der Waals surface area (Å²) in [4.78, 5) is 4.29. The molecule has 1 aromatic heterocycles. The lowest BCUT2D eigenvalue weighted by Crippen LogP contribution is -2.15. The second-order valence-electron chi connectivity index (χ2n) is 4.54. The number of ether oxygens (including phenoxy) is 1. The van der Waals surface area contributed by atoms with Crippen molar-refractivity contribution >= 4 is 5.84 Å². The molecule has 0 saturated carbocycles. The summed E-state index contributed by atoms with van der Waals surface area (Å²) < 4.78 is 5.80. The van der Waals surface area contributed by atoms with E-state index in [0.29, 0.717) is 22.8 Å². The SMILES string of the molecule is Cc1cc(Oc2cccc(CO)c2)c(C(=N)N)c(C)n1. The summed E-state index contributed by atoms with van der Waals surface area (Å²) in [6.07, 6.45) is 0. The number of aromatic nitrogens is 1. The standard InChI is InChI=1S/C15H17N3O2/c1-9-6-13(14(15(16)17)10(2)18-9)20-12-5-3-4-11(7-12)8-19/h3-7,19H,8H2,1-2H3,(H3,16,17). The van der Waals surface area contributed by atoms with Crippen LogP contribution >= 0.6 is 0 Å². The van der Waals surface area contributed by atoms with Gasteiger partial charge < -0.3 is 15.6 Å². The Morgan fingerprint density at radius 3 is 2.75 bits per heavy atom. The van der Waals surface area contributed by atoms with Crippen molar-refractivity contribution in [2.24, 2.45) is 5.73 Å². The summed E-state index contributed by atoms with van der Waals surface area (Å²) in [5, 5.41) is 16.8. The molecule has 0 aliphatic rings. The van der Waals surface area contributed by atoms with Gasteiger partial charge in [0.2, 0.25) is 0 Å². The lowest BCUT2D eigenvalue weighted by Gasteiger charge is -2.13. The normalized spacial score (nSPS) is 10.3. The van der Waals surface area contributed by atoms with Gasteiger partial charge in [-0.1, -0.05) is 12.1 Å². The van der Waals surface area contributed by atoms with Crippen molar-refractivity contribution in [2.45, 2.75) is 20.5 Å². The largest absolute Gasteiger partial charge is 0.456 e. The van der Waals surface area contributed by atoms with Gasteiger partial charge in [0.25, 0.3) is 0 Å². The maximum absolute atomic E-state index is 9.14. The molecule has 1 aromatic carbocycles. The number of nitrogen functional groups attached to an aromatic ring is 1. The number of aliphatic hydroxyl groups is 1. The van der Waals surface area contributed by atoms with Gasteiger partial charge in [-0.05, 0) is 31.5 Å². The summed E-state index contributed by atoms with van der Waals surface area (Å²) in [6, 6.07) is 8.88. The van der Waals surface area contributed by atoms with E-state index >= 15 is 0 Å². The summed E-state index contributed by atoms with van der Waals surface area (Å²) in [7, 11) is 0. The molecule has 4 N–H and O–H groups in total. The Morgan fingerprint density at radius 1 is 1.35 bits per heavy atom. The average Bonchev–Trinajstić information content (AvgIpc) is 2.37. The molecule has 0 saturated heterocycles. The minimum absolute atomic E-state index is 0.0504. The number of benzene rings is 1. The molecule has 0 bridgehead atoms. The maximum Gasteiger partial charge on any atom is 0.141 e. The van der Waals surface area contributed by atoms with Gasteiger partial charge in [-0.15, -0.1) is 0 Å². The number of hydrogen-bond donors (Lipinski definition) is 3. The molecule has 0 aliphatic heterocycles. The lowest BCUT2D eigenvalue weighted by atomic mass is 10.1. The van der Waals surface area contributed by atoms with Crippen molar-refractivity contribution in [2.75, 3.05) is 0 Å². The molecule has 1 heterocycles. The molecule has 2 rings (SSSR count). The molecule has 0 aliphatic carbocycles. The highest BCUT2D eigenvalue weighted by atomic mass is 16.5. The highest BCUT2D eigenvalue weighted by Crippen LogP contribution is 2.28. The first-order valence-corrected chi connectivity index (χ1v) is 6.21. The van der Waals surface area contributed by atoms with Crippen LogP contribution in [0.3, 0.4) is 0 Å². The van der Waals surface area contributed by atoms with Crippen LogP contribution in [0.25, 0.3) is 0 Å². The molecule has 2 aromatic rings. The molecule has 0 radical (unpaired) electrons. The molecule has 5 heteroatoms. The van der Waals surface area contributed by atoms with Crippen LogP contribution in [0, 0.1) is 19.3 Å². The zero-order valence-corrected chi connectivity index (χ0v) is 11.5. The van der Waals surface area contributed by atoms with Crippen LogP contribution in [-0.4, -0.2) is 15.9 Å². The number of hydrogen-bond acceptors (Lipinski definition) is 4. The predicted molar refractivity (Wildman–Crippen MR) is 77.2 cm³/mol. The number of nitrogens with two attached hydrogens (primary N) is 1. The van der Waals surface area contributed by atoms with E-state index in [0.717, 1.165) is 11.3 Å². The first-order valence-electron chi connectivity index (χ1n) is 6.21. The Hall–Kier alpha value is -2.40. The summed E-state index contributed by atoms with van der Waals surface area (Å²) in [5.41, 5.74) is 8.30. The third kappa shape index (κ3) is 2.95. The minimum atomic E-state index is -0.0803. The second-order valence-corrected chi connectivity index (χ2v) is 4.54. The molecule has 104 valence electrons. The fraction of sp³-hybridized carbons (Fsp3) is 0.200. The zero-order valence-electron chi connectivity index (χ0n) is 11.5. The van der Waals surface area contributed by atoms with E-state index < -0.39 is 0 Å². The molecule has 0 spiro atoms. The molecular formula is C15H17N3O2. The van der Waals surface area contributed by atoms with Crippen molar-refractivity contribution < 1.29 is 9.84 Å². The zero-order chi connectivity index (χ0) is 14.7. The summed E-state index contributed by atoms with van der Waals surface area (Å²) in [6.45, 7) is 3.60. The molecule has 0 unspecified atom stereocenters. The fourth-order valence-electron chi connectivity index (χ4n) is 2.04. The highest BCUT2D eigenvalue weighted by Gasteiger charge is 2.13. The third-order valence-electron chi connectivity index (χ3n) is 2.87. The van der Waals surface area contributed by atoms with Crippen LogP contribution in [-0.2, 0) is 6.61 Å². The van der Waals surface area contributed by atoms with E-state index in [2.05, 4.69) is 4.98 Å². The van der Waals surface area contributed by atoms with Gasteiger partial charge in [0.05, 0.1) is 17.9 Å². The minimum Gasteiger partial charge on any atom is -0.456 e. The van der Waals surface area contributed by atoms with Gasteiger partial charge in [-0.25, -0.2) is 0 Å². The lowest BCUT2D eigenvalue weighted by molar-refractivity contribution is 0.281. The molecule has 0 fully saturated rings. The number of amidine groups is 1. The van der Waals surface area contributed by atoms with Crippen molar-refractivity contribution in [1.82, 2.24) is 4.98 Å². The fourth-order valence-corrected chi connectivity index (χ4v) is 2.04. The second kappa shape index (κ2) is 5.71. The number of nitrogens with zero attached hydrogens (tertiary/aromatic N) is 1. The van der Waals surface area contributed by atoms with Gasteiger partial charge in [-0.3, -0.25) is 10.4 Å². The molecule has 0 atom stereocenters. The molecule has 0 amide bonds. The maximum atomic E-state index is 9.14. The van der Waals surface area contributed by atoms with E-state index in [4.69, 9.17) is 21.0 Å². The molecule has 20 heavy (non-hydrogen) atoms. The topological polar surface area (TPSA) is 92.2 Å². The van der Waals surface area contributed by atoms with Crippen LogP contribution < -0.4 is 10.5 Å². The van der Waals surface area contributed by atoms with Gasteiger partial charge in [0, 0.05) is 11.8 Å². The Bertz CT molecular complexity index is 654. The Kier molecular flexibility index (Phi) is 4.00. The number of pyridine rings is 1. The number of aliphatic hydroxyl groups excluding tert-OH is 1. The first-order chi connectivity index (χ1) is 9.51. The van der Waals surface area contributed by atoms with Crippen molar-refractivity contribution in [1.29, 1.82) is 5.41 Å². The quantitative estimate of drug-likeness (QED) is 0.587. The van der Waals surface area contributed by atoms with Crippen LogP contribution in [0.4, 0.5) is 0 Å². The van der Waals surface area contributed by atoms with Crippen LogP contribution in [0.5, 0.6) is 11.5 Å². The Balaban J connectivity index is 2.44. The van der Waals surface area contributed by atoms with Crippen molar-refractivity contribution in [3.8, 4) is 11.5 Å². The van der Waals surface area contributed by atoms with Crippen LogP contribution in [0.1, 0.15) is 22.5 Å². The first kappa shape index (κ1) is 14.0. The number of rotatable bonds is 4.